The predicted octanol–water partition coefficient (Wildman–Crippen LogP) is 3.68. The first kappa shape index (κ1) is 15.4. The SMILES string of the molecule is CCc1cc2c(CN3CCc4sccc4C3)cc(=O)oc2cc1O. The van der Waals surface area contributed by atoms with Gasteiger partial charge in [-0.1, -0.05) is 6.92 Å². The van der Waals surface area contributed by atoms with E-state index in [1.54, 1.807) is 12.1 Å². The Morgan fingerprint density at radius 1 is 1.29 bits per heavy atom. The average Bonchev–Trinajstić information content (AvgIpc) is 3.01. The zero-order chi connectivity index (χ0) is 16.7. The van der Waals surface area contributed by atoms with Gasteiger partial charge in [-0.3, -0.25) is 4.90 Å². The molecule has 5 heteroatoms. The number of benzene rings is 1. The third kappa shape index (κ3) is 2.74. The number of hydrogen-bond donors (Lipinski definition) is 1. The molecule has 1 aromatic carbocycles. The fraction of sp³-hybridized carbons (Fsp3) is 0.316. The summed E-state index contributed by atoms with van der Waals surface area (Å²) in [4.78, 5) is 15.7. The third-order valence-corrected chi connectivity index (χ3v) is 5.71. The van der Waals surface area contributed by atoms with E-state index in [4.69, 9.17) is 4.42 Å². The fourth-order valence-corrected chi connectivity index (χ4v) is 4.29. The minimum Gasteiger partial charge on any atom is -0.508 e. The summed E-state index contributed by atoms with van der Waals surface area (Å²) in [6.07, 6.45) is 1.80. The van der Waals surface area contributed by atoms with Crippen molar-refractivity contribution in [1.29, 1.82) is 0 Å². The minimum atomic E-state index is -0.366. The van der Waals surface area contributed by atoms with Crippen LogP contribution in [0.15, 0.2) is 38.9 Å². The Hall–Kier alpha value is -2.11. The zero-order valence-electron chi connectivity index (χ0n) is 13.5. The maximum absolute atomic E-state index is 11.9. The molecule has 0 saturated heterocycles. The lowest BCUT2D eigenvalue weighted by Gasteiger charge is -2.27. The molecule has 3 aromatic rings. The molecule has 1 aliphatic heterocycles. The predicted molar refractivity (Wildman–Crippen MR) is 95.7 cm³/mol. The van der Waals surface area contributed by atoms with E-state index >= 15 is 0 Å². The van der Waals surface area contributed by atoms with Crippen molar-refractivity contribution < 1.29 is 9.52 Å². The van der Waals surface area contributed by atoms with Crippen LogP contribution in [-0.2, 0) is 25.9 Å². The van der Waals surface area contributed by atoms with Gasteiger partial charge in [0.1, 0.15) is 11.3 Å². The van der Waals surface area contributed by atoms with Crippen LogP contribution in [0.5, 0.6) is 5.75 Å². The molecule has 0 saturated carbocycles. The molecule has 0 radical (unpaired) electrons. The molecule has 3 heterocycles. The van der Waals surface area contributed by atoms with E-state index in [2.05, 4.69) is 16.3 Å². The maximum atomic E-state index is 11.9. The van der Waals surface area contributed by atoms with Crippen LogP contribution in [0.4, 0.5) is 0 Å². The summed E-state index contributed by atoms with van der Waals surface area (Å²) in [7, 11) is 0. The van der Waals surface area contributed by atoms with E-state index < -0.39 is 0 Å². The van der Waals surface area contributed by atoms with Gasteiger partial charge in [-0.25, -0.2) is 4.79 Å². The number of fused-ring (bicyclic) bond motifs is 2. The van der Waals surface area contributed by atoms with Gasteiger partial charge < -0.3 is 9.52 Å². The Labute approximate surface area is 144 Å². The van der Waals surface area contributed by atoms with Crippen molar-refractivity contribution in [2.75, 3.05) is 6.54 Å². The first-order valence-corrected chi connectivity index (χ1v) is 9.08. The fourth-order valence-electron chi connectivity index (χ4n) is 3.40. The van der Waals surface area contributed by atoms with Gasteiger partial charge in [0.25, 0.3) is 0 Å². The van der Waals surface area contributed by atoms with Crippen LogP contribution in [0.3, 0.4) is 0 Å². The van der Waals surface area contributed by atoms with Crippen molar-refractivity contribution in [3.05, 3.63) is 61.6 Å². The first-order chi connectivity index (χ1) is 11.6. The van der Waals surface area contributed by atoms with Crippen LogP contribution in [0.25, 0.3) is 11.0 Å². The normalized spacial score (nSPS) is 14.9. The summed E-state index contributed by atoms with van der Waals surface area (Å²) in [5.74, 6) is 0.186. The Balaban J connectivity index is 1.72. The highest BCUT2D eigenvalue weighted by Gasteiger charge is 2.19. The second-order valence-corrected chi connectivity index (χ2v) is 7.25. The average molecular weight is 341 g/mol. The highest BCUT2D eigenvalue weighted by atomic mass is 32.1. The molecule has 1 aliphatic rings. The van der Waals surface area contributed by atoms with Crippen molar-refractivity contribution >= 4 is 22.3 Å². The van der Waals surface area contributed by atoms with Crippen molar-refractivity contribution in [1.82, 2.24) is 4.90 Å². The number of aryl methyl sites for hydroxylation is 1. The number of rotatable bonds is 3. The van der Waals surface area contributed by atoms with Crippen molar-refractivity contribution in [2.24, 2.45) is 0 Å². The molecule has 2 aromatic heterocycles. The van der Waals surface area contributed by atoms with Crippen molar-refractivity contribution in [3.8, 4) is 5.75 Å². The highest BCUT2D eigenvalue weighted by Crippen LogP contribution is 2.29. The Morgan fingerprint density at radius 3 is 3.00 bits per heavy atom. The van der Waals surface area contributed by atoms with Crippen LogP contribution in [0.2, 0.25) is 0 Å². The lowest BCUT2D eigenvalue weighted by Crippen LogP contribution is -2.29. The van der Waals surface area contributed by atoms with Gasteiger partial charge in [-0.15, -0.1) is 11.3 Å². The van der Waals surface area contributed by atoms with Gasteiger partial charge in [0.05, 0.1) is 0 Å². The van der Waals surface area contributed by atoms with Gasteiger partial charge in [-0.05, 0) is 47.0 Å². The Morgan fingerprint density at radius 2 is 2.17 bits per heavy atom. The number of phenolic OH excluding ortho intramolecular Hbond substituents is 1. The van der Waals surface area contributed by atoms with Gasteiger partial charge in [0.15, 0.2) is 0 Å². The van der Waals surface area contributed by atoms with E-state index in [0.717, 1.165) is 42.4 Å². The molecule has 124 valence electrons. The minimum absolute atomic E-state index is 0.186. The lowest BCUT2D eigenvalue weighted by molar-refractivity contribution is 0.248. The van der Waals surface area contributed by atoms with Gasteiger partial charge >= 0.3 is 5.63 Å². The largest absolute Gasteiger partial charge is 0.508 e. The summed E-state index contributed by atoms with van der Waals surface area (Å²) in [5, 5.41) is 13.1. The standard InChI is InChI=1S/C19H19NO3S/c1-2-12-7-15-14(8-19(22)23-17(15)9-16(12)21)11-20-5-3-18-13(10-20)4-6-24-18/h4,6-9,21H,2-3,5,10-11H2,1H3. The summed E-state index contributed by atoms with van der Waals surface area (Å²) in [5.41, 5.74) is 3.33. The molecule has 4 nitrogen and oxygen atoms in total. The number of phenols is 1. The van der Waals surface area contributed by atoms with Crippen molar-refractivity contribution in [2.45, 2.75) is 32.9 Å². The summed E-state index contributed by atoms with van der Waals surface area (Å²) >= 11 is 1.83. The quantitative estimate of drug-likeness (QED) is 0.739. The number of nitrogens with zero attached hydrogens (tertiary/aromatic N) is 1. The van der Waals surface area contributed by atoms with Gasteiger partial charge in [0, 0.05) is 42.0 Å². The smallest absolute Gasteiger partial charge is 0.336 e. The number of aromatic hydroxyl groups is 1. The Bertz CT molecular complexity index is 957. The monoisotopic (exact) mass is 341 g/mol. The van der Waals surface area contributed by atoms with E-state index in [1.807, 2.05) is 24.3 Å². The van der Waals surface area contributed by atoms with Crippen LogP contribution in [0.1, 0.15) is 28.5 Å². The summed E-state index contributed by atoms with van der Waals surface area (Å²) in [6, 6.07) is 7.29. The van der Waals surface area contributed by atoms with Crippen molar-refractivity contribution in [3.63, 3.8) is 0 Å². The van der Waals surface area contributed by atoms with Crippen LogP contribution in [0, 0.1) is 0 Å². The molecule has 1 N–H and O–H groups in total. The zero-order valence-corrected chi connectivity index (χ0v) is 14.4. The Kier molecular flexibility index (Phi) is 3.90. The van der Waals surface area contributed by atoms with Gasteiger partial charge in [0.2, 0.25) is 0 Å². The van der Waals surface area contributed by atoms with E-state index in [1.165, 1.54) is 10.4 Å². The van der Waals surface area contributed by atoms with Crippen LogP contribution >= 0.6 is 11.3 Å². The van der Waals surface area contributed by atoms with E-state index in [-0.39, 0.29) is 11.4 Å². The molecule has 0 atom stereocenters. The second-order valence-electron chi connectivity index (χ2n) is 6.25. The molecular formula is C19H19NO3S. The molecule has 24 heavy (non-hydrogen) atoms. The third-order valence-electron chi connectivity index (χ3n) is 4.69. The molecule has 0 amide bonds. The number of hydrogen-bond acceptors (Lipinski definition) is 5. The lowest BCUT2D eigenvalue weighted by atomic mass is 10.0. The molecule has 0 fully saturated rings. The molecule has 0 spiro atoms. The second kappa shape index (κ2) is 6.07. The first-order valence-electron chi connectivity index (χ1n) is 8.20. The van der Waals surface area contributed by atoms with E-state index in [0.29, 0.717) is 12.1 Å². The highest BCUT2D eigenvalue weighted by molar-refractivity contribution is 7.10. The molecular weight excluding hydrogens is 322 g/mol. The molecule has 4 rings (SSSR count). The van der Waals surface area contributed by atoms with Crippen LogP contribution in [-0.4, -0.2) is 16.6 Å². The molecule has 0 aliphatic carbocycles. The topological polar surface area (TPSA) is 53.7 Å². The molecule has 0 bridgehead atoms. The number of thiophene rings is 1. The maximum Gasteiger partial charge on any atom is 0.336 e. The van der Waals surface area contributed by atoms with Gasteiger partial charge in [-0.2, -0.15) is 0 Å². The summed E-state index contributed by atoms with van der Waals surface area (Å²) < 4.78 is 5.28. The molecule has 0 unspecified atom stereocenters. The summed E-state index contributed by atoms with van der Waals surface area (Å²) in [6.45, 7) is 4.63. The van der Waals surface area contributed by atoms with Crippen LogP contribution < -0.4 is 5.63 Å². The van der Waals surface area contributed by atoms with E-state index in [9.17, 15) is 9.90 Å².